The van der Waals surface area contributed by atoms with Gasteiger partial charge in [-0.2, -0.15) is 0 Å². The van der Waals surface area contributed by atoms with Crippen molar-refractivity contribution in [2.24, 2.45) is 0 Å². The van der Waals surface area contributed by atoms with Gasteiger partial charge in [0.25, 0.3) is 0 Å². The monoisotopic (exact) mass is 292 g/mol. The number of hydrogen-bond acceptors (Lipinski definition) is 3. The van der Waals surface area contributed by atoms with Crippen molar-refractivity contribution < 1.29 is 18.3 Å². The first-order chi connectivity index (χ1) is 6.79. The van der Waals surface area contributed by atoms with Gasteiger partial charge < -0.3 is 5.11 Å². The van der Waals surface area contributed by atoms with E-state index < -0.39 is 15.8 Å². The molecule has 0 spiro atoms. The molecule has 15 heavy (non-hydrogen) atoms. The van der Waals surface area contributed by atoms with Crippen LogP contribution in [-0.2, 0) is 15.6 Å². The number of aromatic carboxylic acids is 1. The Morgan fingerprint density at radius 3 is 2.47 bits per heavy atom. The molecule has 1 aromatic rings. The Kier molecular flexibility index (Phi) is 3.51. The second-order valence-corrected chi connectivity index (χ2v) is 6.18. The van der Waals surface area contributed by atoms with Crippen LogP contribution in [-0.4, -0.2) is 25.7 Å². The van der Waals surface area contributed by atoms with E-state index in [0.717, 1.165) is 6.26 Å². The van der Waals surface area contributed by atoms with Gasteiger partial charge >= 0.3 is 5.97 Å². The standard InChI is InChI=1S/C9H9BrO4S/c1-15(13,14)5-6-2-3-7(9(11)12)8(10)4-6/h2-4H,5H2,1H3,(H,11,12). The highest BCUT2D eigenvalue weighted by Crippen LogP contribution is 2.19. The van der Waals surface area contributed by atoms with E-state index in [9.17, 15) is 13.2 Å². The van der Waals surface area contributed by atoms with Crippen molar-refractivity contribution >= 4 is 31.7 Å². The topological polar surface area (TPSA) is 71.4 Å². The lowest BCUT2D eigenvalue weighted by molar-refractivity contribution is 0.0696. The van der Waals surface area contributed by atoms with Crippen molar-refractivity contribution in [2.45, 2.75) is 5.75 Å². The summed E-state index contributed by atoms with van der Waals surface area (Å²) in [5.41, 5.74) is 0.682. The van der Waals surface area contributed by atoms with Crippen molar-refractivity contribution in [3.8, 4) is 0 Å². The minimum Gasteiger partial charge on any atom is -0.478 e. The Morgan fingerprint density at radius 2 is 2.07 bits per heavy atom. The number of carbonyl (C=O) groups is 1. The molecule has 0 heterocycles. The molecule has 0 saturated carbocycles. The zero-order chi connectivity index (χ0) is 11.6. The van der Waals surface area contributed by atoms with Crippen LogP contribution >= 0.6 is 15.9 Å². The SMILES string of the molecule is CS(=O)(=O)Cc1ccc(C(=O)O)c(Br)c1. The fourth-order valence-electron chi connectivity index (χ4n) is 1.12. The van der Waals surface area contributed by atoms with Crippen LogP contribution in [0.25, 0.3) is 0 Å². The average molecular weight is 293 g/mol. The smallest absolute Gasteiger partial charge is 0.336 e. The average Bonchev–Trinajstić information content (AvgIpc) is 1.99. The predicted molar refractivity (Wildman–Crippen MR) is 59.6 cm³/mol. The van der Waals surface area contributed by atoms with Crippen molar-refractivity contribution in [3.63, 3.8) is 0 Å². The highest BCUT2D eigenvalue weighted by atomic mass is 79.9. The van der Waals surface area contributed by atoms with Crippen LogP contribution < -0.4 is 0 Å². The van der Waals surface area contributed by atoms with Gasteiger partial charge in [-0.05, 0) is 33.6 Å². The van der Waals surface area contributed by atoms with Gasteiger partial charge in [0.15, 0.2) is 9.84 Å². The number of carboxylic acids is 1. The summed E-state index contributed by atoms with van der Waals surface area (Å²) in [5.74, 6) is -1.14. The highest BCUT2D eigenvalue weighted by Gasteiger charge is 2.10. The predicted octanol–water partition coefficient (Wildman–Crippen LogP) is 1.69. The summed E-state index contributed by atoms with van der Waals surface area (Å²) in [6, 6.07) is 4.38. The molecule has 0 aromatic heterocycles. The first kappa shape index (κ1) is 12.2. The number of carboxylic acid groups (broad SMARTS) is 1. The summed E-state index contributed by atoms with van der Waals surface area (Å²) in [6.07, 6.45) is 1.13. The van der Waals surface area contributed by atoms with Crippen LogP contribution in [0.3, 0.4) is 0 Å². The van der Waals surface area contributed by atoms with E-state index in [2.05, 4.69) is 15.9 Å². The van der Waals surface area contributed by atoms with E-state index in [0.29, 0.717) is 10.0 Å². The molecule has 1 rings (SSSR count). The number of sulfone groups is 1. The quantitative estimate of drug-likeness (QED) is 0.920. The van der Waals surface area contributed by atoms with E-state index in [-0.39, 0.29) is 11.3 Å². The first-order valence-electron chi connectivity index (χ1n) is 3.99. The van der Waals surface area contributed by atoms with Crippen molar-refractivity contribution in [2.75, 3.05) is 6.26 Å². The number of hydrogen-bond donors (Lipinski definition) is 1. The number of rotatable bonds is 3. The zero-order valence-corrected chi connectivity index (χ0v) is 10.3. The molecule has 1 aromatic carbocycles. The lowest BCUT2D eigenvalue weighted by Gasteiger charge is -2.03. The fourth-order valence-corrected chi connectivity index (χ4v) is 2.51. The molecule has 6 heteroatoms. The van der Waals surface area contributed by atoms with Gasteiger partial charge in [0, 0.05) is 10.7 Å². The maximum absolute atomic E-state index is 11.0. The normalized spacial score (nSPS) is 11.3. The molecule has 0 saturated heterocycles. The second kappa shape index (κ2) is 4.32. The highest BCUT2D eigenvalue weighted by molar-refractivity contribution is 9.10. The lowest BCUT2D eigenvalue weighted by Crippen LogP contribution is -2.03. The van der Waals surface area contributed by atoms with Gasteiger partial charge in [-0.15, -0.1) is 0 Å². The summed E-state index contributed by atoms with van der Waals surface area (Å²) in [6.45, 7) is 0. The summed E-state index contributed by atoms with van der Waals surface area (Å²) < 4.78 is 22.4. The summed E-state index contributed by atoms with van der Waals surface area (Å²) in [5, 5.41) is 8.74. The molecular formula is C9H9BrO4S. The van der Waals surface area contributed by atoms with Crippen LogP contribution in [0.15, 0.2) is 22.7 Å². The first-order valence-corrected chi connectivity index (χ1v) is 6.84. The van der Waals surface area contributed by atoms with Crippen molar-refractivity contribution in [1.29, 1.82) is 0 Å². The molecule has 0 unspecified atom stereocenters. The second-order valence-electron chi connectivity index (χ2n) is 3.19. The Bertz CT molecular complexity index is 493. The van der Waals surface area contributed by atoms with Crippen molar-refractivity contribution in [1.82, 2.24) is 0 Å². The molecule has 0 aliphatic rings. The Morgan fingerprint density at radius 1 is 1.47 bits per heavy atom. The molecule has 0 aliphatic carbocycles. The van der Waals surface area contributed by atoms with Gasteiger partial charge in [0.2, 0.25) is 0 Å². The Labute approximate surface area is 96.0 Å². The van der Waals surface area contributed by atoms with E-state index in [4.69, 9.17) is 5.11 Å². The zero-order valence-electron chi connectivity index (χ0n) is 7.90. The minimum atomic E-state index is -3.10. The third kappa shape index (κ3) is 3.64. The molecule has 0 bridgehead atoms. The molecule has 0 aliphatic heterocycles. The van der Waals surface area contributed by atoms with Gasteiger partial charge in [-0.1, -0.05) is 6.07 Å². The van der Waals surface area contributed by atoms with Gasteiger partial charge in [-0.3, -0.25) is 0 Å². The van der Waals surface area contributed by atoms with Crippen LogP contribution in [0.1, 0.15) is 15.9 Å². The van der Waals surface area contributed by atoms with Crippen LogP contribution in [0, 0.1) is 0 Å². The maximum atomic E-state index is 11.0. The molecule has 0 radical (unpaired) electrons. The minimum absolute atomic E-state index is 0.0918. The summed E-state index contributed by atoms with van der Waals surface area (Å²) in [7, 11) is -3.10. The maximum Gasteiger partial charge on any atom is 0.336 e. The largest absolute Gasteiger partial charge is 0.478 e. The molecular weight excluding hydrogens is 284 g/mol. The van der Waals surface area contributed by atoms with Gasteiger partial charge in [-0.25, -0.2) is 13.2 Å². The lowest BCUT2D eigenvalue weighted by atomic mass is 10.1. The van der Waals surface area contributed by atoms with Crippen LogP contribution in [0.2, 0.25) is 0 Å². The molecule has 4 nitrogen and oxygen atoms in total. The molecule has 1 N–H and O–H groups in total. The van der Waals surface area contributed by atoms with E-state index >= 15 is 0 Å². The number of halogens is 1. The van der Waals surface area contributed by atoms with Crippen molar-refractivity contribution in [3.05, 3.63) is 33.8 Å². The summed E-state index contributed by atoms with van der Waals surface area (Å²) >= 11 is 3.08. The van der Waals surface area contributed by atoms with Crippen LogP contribution in [0.4, 0.5) is 0 Å². The molecule has 0 amide bonds. The fraction of sp³-hybridized carbons (Fsp3) is 0.222. The third-order valence-electron chi connectivity index (χ3n) is 1.69. The van der Waals surface area contributed by atoms with E-state index in [1.807, 2.05) is 0 Å². The molecule has 82 valence electrons. The Balaban J connectivity index is 3.07. The van der Waals surface area contributed by atoms with E-state index in [1.54, 1.807) is 0 Å². The molecule has 0 atom stereocenters. The third-order valence-corrected chi connectivity index (χ3v) is 3.21. The van der Waals surface area contributed by atoms with Gasteiger partial charge in [0.05, 0.1) is 11.3 Å². The van der Waals surface area contributed by atoms with E-state index in [1.165, 1.54) is 18.2 Å². The van der Waals surface area contributed by atoms with Crippen LogP contribution in [0.5, 0.6) is 0 Å². The number of benzene rings is 1. The van der Waals surface area contributed by atoms with Gasteiger partial charge in [0.1, 0.15) is 0 Å². The Hall–Kier alpha value is -0.880. The summed E-state index contributed by atoms with van der Waals surface area (Å²) in [4.78, 5) is 10.7. The molecule has 0 fully saturated rings.